The number of carbonyl (C=O) groups is 2. The van der Waals surface area contributed by atoms with Crippen LogP contribution in [0.4, 0.5) is 16.2 Å². The molecule has 2 amide bonds. The van der Waals surface area contributed by atoms with Crippen molar-refractivity contribution >= 4 is 23.4 Å². The molecule has 1 aromatic carbocycles. The summed E-state index contributed by atoms with van der Waals surface area (Å²) in [6.07, 6.45) is 1.40. The number of nitrogens with zero attached hydrogens (tertiary/aromatic N) is 1. The number of aryl methyl sites for hydroxylation is 1. The molecule has 0 aromatic heterocycles. The molecule has 2 rings (SSSR count). The lowest BCUT2D eigenvalue weighted by atomic mass is 10.0. The summed E-state index contributed by atoms with van der Waals surface area (Å²) >= 11 is 0. The predicted molar refractivity (Wildman–Crippen MR) is 73.4 cm³/mol. The van der Waals surface area contributed by atoms with Crippen LogP contribution in [0.2, 0.25) is 0 Å². The molecule has 1 N–H and O–H groups in total. The van der Waals surface area contributed by atoms with Crippen molar-refractivity contribution in [2.75, 3.05) is 23.4 Å². The Morgan fingerprint density at radius 2 is 2.21 bits per heavy atom. The Balaban J connectivity index is 2.19. The average Bonchev–Trinajstić information content (AvgIpc) is 2.37. The number of anilines is 2. The molecule has 0 aliphatic carbocycles. The van der Waals surface area contributed by atoms with Gasteiger partial charge in [0.05, 0.1) is 6.61 Å². The summed E-state index contributed by atoms with van der Waals surface area (Å²) in [5.41, 5.74) is 2.71. The number of ether oxygens (including phenoxy) is 1. The van der Waals surface area contributed by atoms with Crippen LogP contribution in [0.15, 0.2) is 18.2 Å². The van der Waals surface area contributed by atoms with Gasteiger partial charge in [-0.05, 0) is 43.5 Å². The molecule has 1 aliphatic rings. The lowest BCUT2D eigenvalue weighted by Gasteiger charge is -2.28. The highest BCUT2D eigenvalue weighted by Crippen LogP contribution is 2.29. The van der Waals surface area contributed by atoms with Crippen LogP contribution in [0.25, 0.3) is 0 Å². The van der Waals surface area contributed by atoms with Crippen molar-refractivity contribution in [3.8, 4) is 0 Å². The van der Waals surface area contributed by atoms with E-state index >= 15 is 0 Å². The topological polar surface area (TPSA) is 58.6 Å². The van der Waals surface area contributed by atoms with Gasteiger partial charge in [-0.1, -0.05) is 0 Å². The van der Waals surface area contributed by atoms with Crippen molar-refractivity contribution in [1.82, 2.24) is 0 Å². The number of hydrogen-bond donors (Lipinski definition) is 1. The van der Waals surface area contributed by atoms with E-state index in [0.717, 1.165) is 30.6 Å². The number of rotatable bonds is 2. The third-order valence-electron chi connectivity index (χ3n) is 3.10. The third kappa shape index (κ3) is 3.05. The molecule has 0 radical (unpaired) electrons. The summed E-state index contributed by atoms with van der Waals surface area (Å²) in [5, 5.41) is 2.67. The van der Waals surface area contributed by atoms with Crippen molar-refractivity contribution in [3.05, 3.63) is 23.8 Å². The first kappa shape index (κ1) is 13.4. The lowest BCUT2D eigenvalue weighted by molar-refractivity contribution is -0.116. The molecule has 1 aliphatic heterocycles. The summed E-state index contributed by atoms with van der Waals surface area (Å²) in [6, 6.07) is 5.57. The Morgan fingerprint density at radius 3 is 2.89 bits per heavy atom. The minimum atomic E-state index is -0.457. The highest BCUT2D eigenvalue weighted by molar-refractivity contribution is 5.93. The maximum atomic E-state index is 11.5. The molecule has 0 saturated heterocycles. The smallest absolute Gasteiger partial charge is 0.411 e. The molecule has 0 spiro atoms. The zero-order valence-corrected chi connectivity index (χ0v) is 11.2. The molecule has 5 heteroatoms. The summed E-state index contributed by atoms with van der Waals surface area (Å²) in [7, 11) is 0. The van der Waals surface area contributed by atoms with Crippen LogP contribution in [0.5, 0.6) is 0 Å². The first-order valence-corrected chi connectivity index (χ1v) is 6.46. The maximum Gasteiger partial charge on any atom is 0.411 e. The van der Waals surface area contributed by atoms with Crippen molar-refractivity contribution in [3.63, 3.8) is 0 Å². The molecular weight excluding hydrogens is 244 g/mol. The predicted octanol–water partition coefficient (Wildman–Crippen LogP) is 2.55. The zero-order valence-electron chi connectivity index (χ0n) is 11.2. The Morgan fingerprint density at radius 1 is 1.42 bits per heavy atom. The molecule has 0 bridgehead atoms. The second-order valence-electron chi connectivity index (χ2n) is 4.46. The van der Waals surface area contributed by atoms with Gasteiger partial charge in [0.1, 0.15) is 0 Å². The van der Waals surface area contributed by atoms with Crippen LogP contribution < -0.4 is 10.2 Å². The van der Waals surface area contributed by atoms with Crippen molar-refractivity contribution < 1.29 is 14.3 Å². The van der Waals surface area contributed by atoms with Crippen LogP contribution in [0.1, 0.15) is 25.8 Å². The van der Waals surface area contributed by atoms with Gasteiger partial charge >= 0.3 is 6.09 Å². The average molecular weight is 262 g/mol. The van der Waals surface area contributed by atoms with Crippen LogP contribution >= 0.6 is 0 Å². The van der Waals surface area contributed by atoms with E-state index in [-0.39, 0.29) is 5.91 Å². The summed E-state index contributed by atoms with van der Waals surface area (Å²) in [5.74, 6) is 0.0482. The molecule has 0 fully saturated rings. The van der Waals surface area contributed by atoms with Gasteiger partial charge in [0, 0.05) is 24.8 Å². The summed E-state index contributed by atoms with van der Waals surface area (Å²) in [6.45, 7) is 4.43. The highest BCUT2D eigenvalue weighted by atomic mass is 16.5. The fraction of sp³-hybridized carbons (Fsp3) is 0.429. The highest BCUT2D eigenvalue weighted by Gasteiger charge is 2.20. The van der Waals surface area contributed by atoms with Gasteiger partial charge < -0.3 is 9.64 Å². The van der Waals surface area contributed by atoms with E-state index < -0.39 is 6.09 Å². The van der Waals surface area contributed by atoms with Crippen molar-refractivity contribution in [2.45, 2.75) is 26.7 Å². The molecule has 5 nitrogen and oxygen atoms in total. The third-order valence-corrected chi connectivity index (χ3v) is 3.10. The van der Waals surface area contributed by atoms with Gasteiger partial charge in [-0.2, -0.15) is 0 Å². The van der Waals surface area contributed by atoms with Gasteiger partial charge in [0.15, 0.2) is 0 Å². The van der Waals surface area contributed by atoms with Gasteiger partial charge in [0.2, 0.25) is 5.91 Å². The Labute approximate surface area is 112 Å². The number of carbonyl (C=O) groups excluding carboxylic acids is 2. The minimum absolute atomic E-state index is 0.0482. The molecule has 19 heavy (non-hydrogen) atoms. The zero-order chi connectivity index (χ0) is 13.8. The Kier molecular flexibility index (Phi) is 4.04. The second-order valence-corrected chi connectivity index (χ2v) is 4.46. The van der Waals surface area contributed by atoms with Crippen LogP contribution in [0, 0.1) is 0 Å². The van der Waals surface area contributed by atoms with E-state index in [1.807, 2.05) is 12.1 Å². The van der Waals surface area contributed by atoms with Crippen molar-refractivity contribution in [1.29, 1.82) is 0 Å². The number of amides is 2. The van der Waals surface area contributed by atoms with Gasteiger partial charge in [-0.25, -0.2) is 4.79 Å². The van der Waals surface area contributed by atoms with Gasteiger partial charge in [-0.3, -0.25) is 10.1 Å². The van der Waals surface area contributed by atoms with E-state index in [0.29, 0.717) is 12.3 Å². The monoisotopic (exact) mass is 262 g/mol. The molecule has 1 aromatic rings. The van der Waals surface area contributed by atoms with E-state index in [4.69, 9.17) is 4.74 Å². The quantitative estimate of drug-likeness (QED) is 0.891. The second kappa shape index (κ2) is 5.73. The molecule has 1 heterocycles. The molecule has 0 atom stereocenters. The van der Waals surface area contributed by atoms with E-state index in [9.17, 15) is 9.59 Å². The number of hydrogen-bond acceptors (Lipinski definition) is 3. The normalized spacial score (nSPS) is 13.7. The summed E-state index contributed by atoms with van der Waals surface area (Å²) in [4.78, 5) is 24.7. The number of fused-ring (bicyclic) bond motifs is 1. The van der Waals surface area contributed by atoms with Crippen LogP contribution in [-0.2, 0) is 16.0 Å². The SMILES string of the molecule is CCOC(=O)Nc1ccc2c(c1)CCCN2C(C)=O. The van der Waals surface area contributed by atoms with Crippen molar-refractivity contribution in [2.24, 2.45) is 0 Å². The van der Waals surface area contributed by atoms with E-state index in [2.05, 4.69) is 5.32 Å². The van der Waals surface area contributed by atoms with Crippen LogP contribution in [-0.4, -0.2) is 25.2 Å². The minimum Gasteiger partial charge on any atom is -0.450 e. The standard InChI is InChI=1S/C14H18N2O3/c1-3-19-14(18)15-12-6-7-13-11(9-12)5-4-8-16(13)10(2)17/h6-7,9H,3-5,8H2,1-2H3,(H,15,18). The molecule has 0 unspecified atom stereocenters. The van der Waals surface area contributed by atoms with Crippen LogP contribution in [0.3, 0.4) is 0 Å². The largest absolute Gasteiger partial charge is 0.450 e. The molecular formula is C14H18N2O3. The molecule has 0 saturated carbocycles. The van der Waals surface area contributed by atoms with E-state index in [1.54, 1.807) is 24.8 Å². The van der Waals surface area contributed by atoms with Gasteiger partial charge in [-0.15, -0.1) is 0 Å². The fourth-order valence-corrected chi connectivity index (χ4v) is 2.29. The fourth-order valence-electron chi connectivity index (χ4n) is 2.29. The number of benzene rings is 1. The molecule has 102 valence electrons. The summed E-state index contributed by atoms with van der Waals surface area (Å²) < 4.78 is 4.83. The maximum absolute atomic E-state index is 11.5. The lowest BCUT2D eigenvalue weighted by Crippen LogP contribution is -2.33. The number of nitrogens with one attached hydrogen (secondary N) is 1. The van der Waals surface area contributed by atoms with E-state index in [1.165, 1.54) is 0 Å². The Hall–Kier alpha value is -2.04. The van der Waals surface area contributed by atoms with Gasteiger partial charge in [0.25, 0.3) is 0 Å². The Bertz CT molecular complexity index is 499. The first-order valence-electron chi connectivity index (χ1n) is 6.46. The first-order chi connectivity index (χ1) is 9.11.